The molecule has 1 atom stereocenters. The molecular weight excluding hydrogens is 343 g/mol. The molecule has 3 rings (SSSR count). The highest BCUT2D eigenvalue weighted by molar-refractivity contribution is 5.85. The van der Waals surface area contributed by atoms with Crippen LogP contribution in [0, 0.1) is 0 Å². The van der Waals surface area contributed by atoms with Crippen molar-refractivity contribution < 1.29 is 5.11 Å². The number of nitrogens with zero attached hydrogens (tertiary/aromatic N) is 2. The van der Waals surface area contributed by atoms with Crippen LogP contribution in [0.15, 0.2) is 60.7 Å². The van der Waals surface area contributed by atoms with Gasteiger partial charge in [0.15, 0.2) is 0 Å². The quantitative estimate of drug-likeness (QED) is 0.875. The first-order chi connectivity index (χ1) is 10.8. The average molecular weight is 369 g/mol. The number of rotatable bonds is 5. The first kappa shape index (κ1) is 20.9. The Bertz CT molecular complexity index is 560. The molecule has 0 spiro atoms. The number of benzene rings is 2. The van der Waals surface area contributed by atoms with E-state index < -0.39 is 0 Å². The second-order valence-electron chi connectivity index (χ2n) is 5.99. The van der Waals surface area contributed by atoms with Crippen LogP contribution in [-0.4, -0.2) is 47.6 Å². The summed E-state index contributed by atoms with van der Waals surface area (Å²) in [6.45, 7) is 5.93. The second kappa shape index (κ2) is 10.7. The molecule has 132 valence electrons. The van der Waals surface area contributed by atoms with Gasteiger partial charge in [0, 0.05) is 39.3 Å². The number of hydrogen-bond acceptors (Lipinski definition) is 3. The highest BCUT2D eigenvalue weighted by atomic mass is 35.5. The van der Waals surface area contributed by atoms with Crippen LogP contribution in [0.4, 0.5) is 0 Å². The normalized spacial score (nSPS) is 16.7. The van der Waals surface area contributed by atoms with E-state index in [1.165, 1.54) is 5.56 Å². The third-order valence-corrected chi connectivity index (χ3v) is 4.33. The summed E-state index contributed by atoms with van der Waals surface area (Å²) < 4.78 is 0. The summed E-state index contributed by atoms with van der Waals surface area (Å²) in [5.41, 5.74) is 2.38. The van der Waals surface area contributed by atoms with E-state index in [1.54, 1.807) is 0 Å². The van der Waals surface area contributed by atoms with Gasteiger partial charge in [-0.05, 0) is 11.1 Å². The van der Waals surface area contributed by atoms with Gasteiger partial charge in [-0.1, -0.05) is 60.7 Å². The Balaban J connectivity index is 0.00000144. The summed E-state index contributed by atoms with van der Waals surface area (Å²) in [6, 6.07) is 20.6. The molecule has 2 aromatic rings. The maximum atomic E-state index is 10.3. The number of β-amino-alcohol motifs (C(OH)–C–C–N with tert-alkyl or cyclic N) is 1. The molecule has 1 saturated heterocycles. The molecule has 0 amide bonds. The molecule has 5 heteroatoms. The van der Waals surface area contributed by atoms with E-state index in [9.17, 15) is 5.11 Å². The molecule has 0 aromatic heterocycles. The summed E-state index contributed by atoms with van der Waals surface area (Å²) in [4.78, 5) is 4.85. The Labute approximate surface area is 157 Å². The van der Waals surface area contributed by atoms with Crippen molar-refractivity contribution >= 4 is 24.8 Å². The highest BCUT2D eigenvalue weighted by Crippen LogP contribution is 2.15. The van der Waals surface area contributed by atoms with E-state index in [2.05, 4.69) is 40.1 Å². The fourth-order valence-electron chi connectivity index (χ4n) is 3.00. The largest absolute Gasteiger partial charge is 0.387 e. The fraction of sp³-hybridized carbons (Fsp3) is 0.368. The number of aliphatic hydroxyl groups excluding tert-OH is 1. The molecule has 24 heavy (non-hydrogen) atoms. The maximum Gasteiger partial charge on any atom is 0.0916 e. The Hall–Kier alpha value is -1.10. The van der Waals surface area contributed by atoms with Gasteiger partial charge < -0.3 is 5.11 Å². The van der Waals surface area contributed by atoms with Crippen LogP contribution in [0.1, 0.15) is 17.2 Å². The molecule has 1 aliphatic rings. The zero-order valence-electron chi connectivity index (χ0n) is 13.8. The first-order valence-electron chi connectivity index (χ1n) is 8.03. The number of halogens is 2. The van der Waals surface area contributed by atoms with Crippen molar-refractivity contribution in [3.8, 4) is 0 Å². The lowest BCUT2D eigenvalue weighted by molar-refractivity contribution is 0.0701. The van der Waals surface area contributed by atoms with Crippen LogP contribution in [0.5, 0.6) is 0 Å². The molecule has 0 radical (unpaired) electrons. The summed E-state index contributed by atoms with van der Waals surface area (Å²) in [5.74, 6) is 0. The van der Waals surface area contributed by atoms with Crippen LogP contribution in [0.2, 0.25) is 0 Å². The van der Waals surface area contributed by atoms with Crippen molar-refractivity contribution in [3.05, 3.63) is 71.8 Å². The van der Waals surface area contributed by atoms with Gasteiger partial charge in [-0.15, -0.1) is 24.8 Å². The van der Waals surface area contributed by atoms with Crippen molar-refractivity contribution in [2.75, 3.05) is 32.7 Å². The summed E-state index contributed by atoms with van der Waals surface area (Å²) in [5, 5.41) is 10.3. The van der Waals surface area contributed by atoms with Crippen molar-refractivity contribution in [2.24, 2.45) is 0 Å². The van der Waals surface area contributed by atoms with Crippen molar-refractivity contribution in [1.29, 1.82) is 0 Å². The van der Waals surface area contributed by atoms with Crippen LogP contribution in [-0.2, 0) is 6.54 Å². The van der Waals surface area contributed by atoms with Gasteiger partial charge in [0.1, 0.15) is 0 Å². The molecule has 1 aliphatic heterocycles. The fourth-order valence-corrected chi connectivity index (χ4v) is 3.00. The Morgan fingerprint density at radius 3 is 1.83 bits per heavy atom. The van der Waals surface area contributed by atoms with Crippen molar-refractivity contribution in [3.63, 3.8) is 0 Å². The summed E-state index contributed by atoms with van der Waals surface area (Å²) >= 11 is 0. The second-order valence-corrected chi connectivity index (χ2v) is 5.99. The predicted molar refractivity (Wildman–Crippen MR) is 104 cm³/mol. The topological polar surface area (TPSA) is 26.7 Å². The Morgan fingerprint density at radius 2 is 1.25 bits per heavy atom. The number of hydrogen-bond donors (Lipinski definition) is 1. The smallest absolute Gasteiger partial charge is 0.0916 e. The van der Waals surface area contributed by atoms with Crippen LogP contribution in [0.25, 0.3) is 0 Å². The average Bonchev–Trinajstić information content (AvgIpc) is 2.58. The molecular formula is C19H26Cl2N2O. The van der Waals surface area contributed by atoms with E-state index in [-0.39, 0.29) is 30.9 Å². The third kappa shape index (κ3) is 6.08. The molecule has 0 saturated carbocycles. The van der Waals surface area contributed by atoms with Gasteiger partial charge in [0.25, 0.3) is 0 Å². The van der Waals surface area contributed by atoms with E-state index in [0.29, 0.717) is 0 Å². The minimum Gasteiger partial charge on any atom is -0.387 e. The number of piperazine rings is 1. The van der Waals surface area contributed by atoms with E-state index in [0.717, 1.165) is 44.8 Å². The lowest BCUT2D eigenvalue weighted by Gasteiger charge is -2.35. The van der Waals surface area contributed by atoms with E-state index >= 15 is 0 Å². The van der Waals surface area contributed by atoms with Gasteiger partial charge >= 0.3 is 0 Å². The van der Waals surface area contributed by atoms with E-state index in [1.807, 2.05) is 30.3 Å². The summed E-state index contributed by atoms with van der Waals surface area (Å²) in [7, 11) is 0. The number of aliphatic hydroxyl groups is 1. The van der Waals surface area contributed by atoms with Crippen LogP contribution >= 0.6 is 24.8 Å². The minimum absolute atomic E-state index is 0. The molecule has 0 bridgehead atoms. The molecule has 2 aromatic carbocycles. The molecule has 1 heterocycles. The maximum absolute atomic E-state index is 10.3. The van der Waals surface area contributed by atoms with Crippen molar-refractivity contribution in [1.82, 2.24) is 9.80 Å². The Morgan fingerprint density at radius 1 is 0.750 bits per heavy atom. The van der Waals surface area contributed by atoms with Gasteiger partial charge in [-0.2, -0.15) is 0 Å². The van der Waals surface area contributed by atoms with Gasteiger partial charge in [0.2, 0.25) is 0 Å². The Kier molecular flexibility index (Phi) is 9.34. The third-order valence-electron chi connectivity index (χ3n) is 4.33. The first-order valence-corrected chi connectivity index (χ1v) is 8.03. The predicted octanol–water partition coefficient (Wildman–Crippen LogP) is 3.38. The molecule has 3 nitrogen and oxygen atoms in total. The standard InChI is InChI=1S/C19H24N2O.2ClH/c22-19(18-9-5-2-6-10-18)16-21-13-11-20(12-14-21)15-17-7-3-1-4-8-17;;/h1-10,19,22H,11-16H2;2*1H. The zero-order chi connectivity index (χ0) is 15.2. The monoisotopic (exact) mass is 368 g/mol. The molecule has 1 N–H and O–H groups in total. The molecule has 1 unspecified atom stereocenters. The van der Waals surface area contributed by atoms with Gasteiger partial charge in [0.05, 0.1) is 6.10 Å². The zero-order valence-corrected chi connectivity index (χ0v) is 15.4. The molecule has 0 aliphatic carbocycles. The highest BCUT2D eigenvalue weighted by Gasteiger charge is 2.19. The van der Waals surface area contributed by atoms with Gasteiger partial charge in [-0.3, -0.25) is 9.80 Å². The molecule has 1 fully saturated rings. The lowest BCUT2D eigenvalue weighted by atomic mass is 10.1. The van der Waals surface area contributed by atoms with Crippen LogP contribution in [0.3, 0.4) is 0 Å². The SMILES string of the molecule is Cl.Cl.OC(CN1CCN(Cc2ccccc2)CC1)c1ccccc1. The minimum atomic E-state index is -0.387. The lowest BCUT2D eigenvalue weighted by Crippen LogP contribution is -2.47. The van der Waals surface area contributed by atoms with Crippen LogP contribution < -0.4 is 0 Å². The van der Waals surface area contributed by atoms with Gasteiger partial charge in [-0.25, -0.2) is 0 Å². The summed E-state index contributed by atoms with van der Waals surface area (Å²) in [6.07, 6.45) is -0.387. The van der Waals surface area contributed by atoms with E-state index in [4.69, 9.17) is 0 Å². The van der Waals surface area contributed by atoms with Crippen molar-refractivity contribution in [2.45, 2.75) is 12.6 Å².